The molecule has 22 N–H and O–H groups in total. The predicted molar refractivity (Wildman–Crippen MR) is 416 cm³/mol. The maximum atomic E-state index is 16.3. The fraction of sp³-hybridized carbons (Fsp3) is 0.388. The number of fused-ring (bicyclic) bond motifs is 16. The predicted octanol–water partition coefficient (Wildman–Crippen LogP) is 2.11. The quantitative estimate of drug-likeness (QED) is 0.0547. The number of likely N-dealkylation sites (N-methyl/N-ethyl adjacent to an activating group) is 1. The normalized spacial score (nSPS) is 26.9. The second-order valence-corrected chi connectivity index (χ2v) is 30.7. The van der Waals surface area contributed by atoms with E-state index in [9.17, 15) is 69.9 Å². The van der Waals surface area contributed by atoms with Gasteiger partial charge in [0.15, 0.2) is 23.9 Å². The highest BCUT2D eigenvalue weighted by molar-refractivity contribution is 6.32. The van der Waals surface area contributed by atoms with E-state index in [1.165, 1.54) is 39.1 Å². The maximum absolute atomic E-state index is 16.3. The Morgan fingerprint density at radius 2 is 1.30 bits per heavy atom. The molecule has 0 radical (unpaired) electrons. The number of aliphatic hydroxyl groups excluding tert-OH is 6. The summed E-state index contributed by atoms with van der Waals surface area (Å²) in [5, 5.41) is 130. The average Bonchev–Trinajstić information content (AvgIpc) is 0.763. The monoisotopic (exact) mass is 1660 g/mol. The Labute approximate surface area is 677 Å². The first kappa shape index (κ1) is 85.3. The van der Waals surface area contributed by atoms with E-state index in [2.05, 4.69) is 47.9 Å². The lowest BCUT2D eigenvalue weighted by molar-refractivity contribution is -0.333. The van der Waals surface area contributed by atoms with Gasteiger partial charge in [0.1, 0.15) is 95.5 Å². The van der Waals surface area contributed by atoms with Crippen LogP contribution in [0.25, 0.3) is 21.9 Å². The molecule has 2 fully saturated rings. The van der Waals surface area contributed by atoms with Crippen LogP contribution in [0.3, 0.4) is 0 Å². The van der Waals surface area contributed by atoms with E-state index in [4.69, 9.17) is 63.1 Å². The summed E-state index contributed by atoms with van der Waals surface area (Å²) in [5.41, 5.74) is 8.77. The number of carbonyl (C=O) groups is 9. The zero-order valence-corrected chi connectivity index (χ0v) is 65.0. The van der Waals surface area contributed by atoms with Crippen molar-refractivity contribution in [3.05, 3.63) is 165 Å². The smallest absolute Gasteiger partial charge is 0.251 e. The third kappa shape index (κ3) is 18.9. The number of ether oxygens (including phenoxy) is 6. The van der Waals surface area contributed by atoms with Crippen molar-refractivity contribution in [3.63, 3.8) is 0 Å². The lowest BCUT2D eigenvalue weighted by Gasteiger charge is -2.47. The summed E-state index contributed by atoms with van der Waals surface area (Å²) >= 11 is 14.3. The summed E-state index contributed by atoms with van der Waals surface area (Å²) in [6, 6.07) is 12.5. The number of carbonyl (C=O) groups excluding carboxylic acids is 9. The number of hydrogen-bond donors (Lipinski definition) is 20. The van der Waals surface area contributed by atoms with Crippen LogP contribution < -0.4 is 73.5 Å². The number of phenols is 3. The number of primary amides is 1. The van der Waals surface area contributed by atoms with Gasteiger partial charge in [-0.2, -0.15) is 0 Å². The molecule has 18 atom stereocenters. The van der Waals surface area contributed by atoms with Gasteiger partial charge in [0.05, 0.1) is 41.3 Å². The lowest BCUT2D eigenvalue weighted by Crippen LogP contribution is -2.64. The summed E-state index contributed by atoms with van der Waals surface area (Å²) in [5.74, 6) is -15.4. The molecule has 14 rings (SSSR count). The van der Waals surface area contributed by atoms with Crippen molar-refractivity contribution < 1.29 is 118 Å². The molecule has 622 valence electrons. The number of amides is 9. The van der Waals surface area contributed by atoms with Crippen molar-refractivity contribution in [2.45, 2.75) is 163 Å². The van der Waals surface area contributed by atoms with E-state index in [-0.39, 0.29) is 65.7 Å². The minimum atomic E-state index is -2.36. The Morgan fingerprint density at radius 3 is 1.94 bits per heavy atom. The Hall–Kier alpha value is -11.0. The molecule has 7 aromatic rings. The van der Waals surface area contributed by atoms with Gasteiger partial charge in [0.2, 0.25) is 59.3 Å². The summed E-state index contributed by atoms with van der Waals surface area (Å²) in [4.78, 5) is 134. The summed E-state index contributed by atoms with van der Waals surface area (Å²) in [6.07, 6.45) is -18.6. The highest BCUT2D eigenvalue weighted by Gasteiger charge is 2.52. The van der Waals surface area contributed by atoms with Gasteiger partial charge in [0.25, 0.3) is 5.91 Å². The minimum Gasteiger partial charge on any atom is -0.508 e. The molecule has 7 aromatic carbocycles. The van der Waals surface area contributed by atoms with Gasteiger partial charge < -0.3 is 134 Å². The Morgan fingerprint density at radius 1 is 0.667 bits per heavy atom. The third-order valence-corrected chi connectivity index (χ3v) is 21.3. The zero-order chi connectivity index (χ0) is 84.3. The molecule has 0 aliphatic carbocycles. The van der Waals surface area contributed by atoms with E-state index < -0.39 is 243 Å². The van der Waals surface area contributed by atoms with E-state index in [1.807, 2.05) is 38.1 Å². The lowest BCUT2D eigenvalue weighted by atomic mass is 9.86. The summed E-state index contributed by atoms with van der Waals surface area (Å²) < 4.78 is 38.7. The first-order chi connectivity index (χ1) is 55.6. The van der Waals surface area contributed by atoms with Crippen molar-refractivity contribution in [1.82, 2.24) is 47.9 Å². The number of benzene rings is 7. The van der Waals surface area contributed by atoms with Gasteiger partial charge in [0, 0.05) is 47.8 Å². The van der Waals surface area contributed by atoms with Crippen molar-refractivity contribution in [2.75, 3.05) is 26.7 Å². The fourth-order valence-corrected chi connectivity index (χ4v) is 15.0. The summed E-state index contributed by atoms with van der Waals surface area (Å²) in [6.45, 7) is 5.47. The molecule has 11 bridgehead atoms. The SMILES string of the molecule is CN[C@H](CC(C)C)C(=O)N[C@H]1C(=O)N[C@@H](CC(N)=O)C(=O)NC2C(=O)N[C@H]3C(=O)N[C@H](C(=O)NC(C(=O)NCCCNC(=O)c4ccc5ccccc5c4)c4cc(O)cc(O)c4-c4cc3ccc4O)[C@H](O)c3ccc(c(Cl)c3)Oc3cc2cc(c3O[C@@H]2O[C@H](CO)[C@@H](O)[C@H](O)[C@H]2OC2C[C@](C)(N)[C@H](O)[C@H](C)O2)Oc2ccc(cc2Cl)[C@H]1O. The molecule has 37 heteroatoms. The van der Waals surface area contributed by atoms with Crippen LogP contribution in [0.5, 0.6) is 46.0 Å². The van der Waals surface area contributed by atoms with Crippen LogP contribution in [0, 0.1) is 5.92 Å². The largest absolute Gasteiger partial charge is 0.508 e. The molecule has 7 heterocycles. The molecule has 7 aliphatic rings. The Balaban J connectivity index is 1.02. The molecule has 0 spiro atoms. The number of nitrogens with one attached hydrogen (secondary N) is 9. The minimum absolute atomic E-state index is 0.00577. The number of rotatable bonds is 18. The first-order valence-electron chi connectivity index (χ1n) is 37.4. The van der Waals surface area contributed by atoms with E-state index in [1.54, 1.807) is 18.2 Å². The van der Waals surface area contributed by atoms with Crippen LogP contribution in [0.15, 0.2) is 121 Å². The summed E-state index contributed by atoms with van der Waals surface area (Å²) in [7, 11) is 1.48. The molecular weight excluding hydrogens is 1570 g/mol. The maximum Gasteiger partial charge on any atom is 0.251 e. The molecular formula is C80H89Cl2N11O24. The molecule has 0 saturated carbocycles. The van der Waals surface area contributed by atoms with Gasteiger partial charge in [-0.3, -0.25) is 43.2 Å². The van der Waals surface area contributed by atoms with E-state index in [0.717, 1.165) is 71.4 Å². The number of aliphatic hydroxyl groups is 6. The number of nitrogens with two attached hydrogens (primary N) is 2. The molecule has 117 heavy (non-hydrogen) atoms. The van der Waals surface area contributed by atoms with E-state index >= 15 is 19.2 Å². The van der Waals surface area contributed by atoms with Crippen molar-refractivity contribution >= 4 is 87.1 Å². The molecule has 0 aromatic heterocycles. The molecule has 9 amide bonds. The van der Waals surface area contributed by atoms with Crippen molar-refractivity contribution in [2.24, 2.45) is 17.4 Å². The van der Waals surface area contributed by atoms with Gasteiger partial charge in [-0.15, -0.1) is 0 Å². The zero-order valence-electron chi connectivity index (χ0n) is 63.4. The van der Waals surface area contributed by atoms with Crippen LogP contribution in [0.4, 0.5) is 0 Å². The highest BCUT2D eigenvalue weighted by atomic mass is 35.5. The number of hydrogen-bond acceptors (Lipinski definition) is 26. The molecule has 2 saturated heterocycles. The molecule has 35 nitrogen and oxygen atoms in total. The Kier molecular flexibility index (Phi) is 26.1. The Bertz CT molecular complexity index is 5000. The second kappa shape index (κ2) is 35.8. The number of aromatic hydroxyl groups is 3. The number of halogens is 2. The molecule has 3 unspecified atom stereocenters. The highest BCUT2D eigenvalue weighted by Crippen LogP contribution is 2.50. The first-order valence-corrected chi connectivity index (χ1v) is 38.1. The van der Waals surface area contributed by atoms with E-state index in [0.29, 0.717) is 5.56 Å². The molecule has 7 aliphatic heterocycles. The van der Waals surface area contributed by atoms with Gasteiger partial charge in [-0.1, -0.05) is 85.6 Å². The number of phenolic OH excluding ortho intramolecular Hbond substituents is 3. The average molecular weight is 1660 g/mol. The van der Waals surface area contributed by atoms with Crippen molar-refractivity contribution in [1.29, 1.82) is 0 Å². The second-order valence-electron chi connectivity index (χ2n) is 29.8. The van der Waals surface area contributed by atoms with Crippen molar-refractivity contribution in [3.8, 4) is 57.1 Å². The third-order valence-electron chi connectivity index (χ3n) is 20.7. The standard InChI is InChI=1S/C80H89Cl2N11O24/c1-33(2)21-47(85-5)72(105)92-62-64(99)38-14-17-51(45(81)24-38)113-53-26-41-27-54(68(53)117-79-69(67(102)66(101)55(32-94)115-79)116-57-31-80(4,84)70(103)34(3)112-57)114-52-18-15-39(25-46(52)82)65(100)63-78(111)91-61(74(107)87-20-8-19-86-71(104)40-12-11-35-9-6-7-10-36(35)22-40)44-28-42(95)29-50(97)58(44)43-23-37(13-16-49(43)96)59(75(108)93-63)90-76(109)60(41)89-73(106)48(30-56(83)98)88-77(62)110/h6-7,9-18,22-29,33-34,47-48,55,57,59-67,69-70,79,85,94-97,99-103H,8,19-21,30-32,84H2,1-5H3,(H2,83,98)(H,86,104)(H,87,107)(H,88,110)(H,89,106)(H,90,109)(H,91,111)(H,92,105)(H,93,108)/t34-,47+,48-,55+,57?,59+,60?,61?,62+,63-,64+,65+,66+,67-,69+,70+,79-,80-/m0/s1. The van der Waals surface area contributed by atoms with Crippen LogP contribution in [0.1, 0.15) is 122 Å². The van der Waals surface area contributed by atoms with Gasteiger partial charge in [-0.25, -0.2) is 0 Å². The van der Waals surface area contributed by atoms with Crippen LogP contribution in [0.2, 0.25) is 10.0 Å². The van der Waals surface area contributed by atoms with Crippen LogP contribution in [-0.4, -0.2) is 205 Å². The fourth-order valence-electron chi connectivity index (χ4n) is 14.5. The van der Waals surface area contributed by atoms with Gasteiger partial charge in [-0.05, 0) is 145 Å². The topological polar surface area (TPSA) is 551 Å². The van der Waals surface area contributed by atoms with Crippen LogP contribution >= 0.6 is 23.2 Å². The van der Waals surface area contributed by atoms with Crippen LogP contribution in [-0.2, 0) is 52.6 Å². The van der Waals surface area contributed by atoms with Gasteiger partial charge >= 0.3 is 0 Å².